The Labute approximate surface area is 54.9 Å². The summed E-state index contributed by atoms with van der Waals surface area (Å²) in [7, 11) is 0. The van der Waals surface area contributed by atoms with E-state index in [1.54, 1.807) is 0 Å². The molecule has 1 aliphatic carbocycles. The summed E-state index contributed by atoms with van der Waals surface area (Å²) in [4.78, 5) is 0. The quantitative estimate of drug-likeness (QED) is 0.370. The molecular formula is C6H13N3. The second-order valence-electron chi connectivity index (χ2n) is 2.74. The Hall–Kier alpha value is -0.570. The van der Waals surface area contributed by atoms with Crippen molar-refractivity contribution < 1.29 is 0 Å². The predicted octanol–water partition coefficient (Wildman–Crippen LogP) is 0.0498. The second kappa shape index (κ2) is 2.35. The van der Waals surface area contributed by atoms with Crippen LogP contribution in [0.4, 0.5) is 0 Å². The third-order valence-corrected chi connectivity index (χ3v) is 1.68. The predicted molar refractivity (Wildman–Crippen MR) is 37.2 cm³/mol. The van der Waals surface area contributed by atoms with Crippen LogP contribution in [0.5, 0.6) is 0 Å². The van der Waals surface area contributed by atoms with E-state index in [1.807, 2.05) is 0 Å². The van der Waals surface area contributed by atoms with Crippen molar-refractivity contribution in [1.82, 2.24) is 0 Å². The maximum Gasteiger partial charge on any atom is 0.108 e. The van der Waals surface area contributed by atoms with E-state index in [1.165, 1.54) is 12.8 Å². The van der Waals surface area contributed by atoms with Crippen LogP contribution in [0.2, 0.25) is 0 Å². The number of amidine groups is 1. The molecule has 3 nitrogen and oxygen atoms in total. The Morgan fingerprint density at radius 3 is 2.56 bits per heavy atom. The lowest BCUT2D eigenvalue weighted by atomic mass is 10.1. The average Bonchev–Trinajstić information content (AvgIpc) is 2.50. The average molecular weight is 127 g/mol. The molecule has 1 saturated carbocycles. The minimum Gasteiger partial charge on any atom is -0.386 e. The van der Waals surface area contributed by atoms with Crippen LogP contribution in [0, 0.1) is 11.3 Å². The maximum atomic E-state index is 6.97. The number of rotatable bonds is 3. The molecule has 1 rings (SSSR count). The van der Waals surface area contributed by atoms with Crippen molar-refractivity contribution in [1.29, 1.82) is 5.41 Å². The highest BCUT2D eigenvalue weighted by molar-refractivity contribution is 5.82. The van der Waals surface area contributed by atoms with Gasteiger partial charge in [0.25, 0.3) is 0 Å². The fraction of sp³-hybridized carbons (Fsp3) is 0.833. The first-order valence-corrected chi connectivity index (χ1v) is 3.29. The lowest BCUT2D eigenvalue weighted by Gasteiger charge is -2.06. The zero-order chi connectivity index (χ0) is 6.85. The molecule has 0 saturated heterocycles. The molecule has 0 amide bonds. The van der Waals surface area contributed by atoms with Crippen LogP contribution in [0.1, 0.15) is 19.3 Å². The summed E-state index contributed by atoms with van der Waals surface area (Å²) in [5.74, 6) is 0.894. The molecule has 52 valence electrons. The summed E-state index contributed by atoms with van der Waals surface area (Å²) in [6.07, 6.45) is 3.47. The largest absolute Gasteiger partial charge is 0.386 e. The second-order valence-corrected chi connectivity index (χ2v) is 2.74. The lowest BCUT2D eigenvalue weighted by molar-refractivity contribution is 0.670. The molecule has 0 spiro atoms. The Bertz CT molecular complexity index is 117. The summed E-state index contributed by atoms with van der Waals surface area (Å²) in [6, 6.07) is -0.183. The summed E-state index contributed by atoms with van der Waals surface area (Å²) in [5, 5.41) is 6.97. The van der Waals surface area contributed by atoms with E-state index >= 15 is 0 Å². The number of hydrogen-bond donors (Lipinski definition) is 3. The van der Waals surface area contributed by atoms with Gasteiger partial charge >= 0.3 is 0 Å². The first kappa shape index (κ1) is 6.55. The maximum absolute atomic E-state index is 6.97. The first-order valence-electron chi connectivity index (χ1n) is 3.29. The van der Waals surface area contributed by atoms with Gasteiger partial charge < -0.3 is 11.5 Å². The molecule has 0 aliphatic heterocycles. The molecule has 0 aromatic heterocycles. The first-order chi connectivity index (χ1) is 4.20. The summed E-state index contributed by atoms with van der Waals surface area (Å²) in [6.45, 7) is 0. The van der Waals surface area contributed by atoms with Crippen LogP contribution in [0.15, 0.2) is 0 Å². The molecule has 0 unspecified atom stereocenters. The summed E-state index contributed by atoms with van der Waals surface area (Å²) >= 11 is 0. The van der Waals surface area contributed by atoms with Crippen LogP contribution < -0.4 is 11.5 Å². The Morgan fingerprint density at radius 1 is 1.67 bits per heavy atom. The topological polar surface area (TPSA) is 75.9 Å². The smallest absolute Gasteiger partial charge is 0.108 e. The monoisotopic (exact) mass is 127 g/mol. The molecule has 1 atom stereocenters. The minimum absolute atomic E-state index is 0.127. The van der Waals surface area contributed by atoms with Gasteiger partial charge in [0.05, 0.1) is 6.04 Å². The third-order valence-electron chi connectivity index (χ3n) is 1.68. The molecule has 9 heavy (non-hydrogen) atoms. The van der Waals surface area contributed by atoms with Gasteiger partial charge in [-0.1, -0.05) is 12.8 Å². The van der Waals surface area contributed by atoms with E-state index in [0.717, 1.165) is 12.3 Å². The summed E-state index contributed by atoms with van der Waals surface area (Å²) < 4.78 is 0. The highest BCUT2D eigenvalue weighted by Gasteiger charge is 2.24. The zero-order valence-corrected chi connectivity index (χ0v) is 5.43. The van der Waals surface area contributed by atoms with Crippen molar-refractivity contribution in [2.75, 3.05) is 0 Å². The SMILES string of the molecule is N=C(N)[C@@H](N)CC1CC1. The van der Waals surface area contributed by atoms with Gasteiger partial charge in [0, 0.05) is 0 Å². The van der Waals surface area contributed by atoms with E-state index < -0.39 is 0 Å². The fourth-order valence-corrected chi connectivity index (χ4v) is 0.840. The van der Waals surface area contributed by atoms with Gasteiger partial charge in [0.1, 0.15) is 5.84 Å². The molecule has 5 N–H and O–H groups in total. The van der Waals surface area contributed by atoms with Gasteiger partial charge in [-0.3, -0.25) is 5.41 Å². The van der Waals surface area contributed by atoms with Crippen LogP contribution in [-0.4, -0.2) is 11.9 Å². The summed E-state index contributed by atoms with van der Waals surface area (Å²) in [5.41, 5.74) is 10.7. The van der Waals surface area contributed by atoms with Crippen LogP contribution in [0.25, 0.3) is 0 Å². The number of nitrogens with one attached hydrogen (secondary N) is 1. The third kappa shape index (κ3) is 2.01. The van der Waals surface area contributed by atoms with E-state index in [9.17, 15) is 0 Å². The standard InChI is InChI=1S/C6H13N3/c7-5(6(8)9)3-4-1-2-4/h4-5H,1-3,7H2,(H3,8,9)/t5-/m0/s1. The van der Waals surface area contributed by atoms with Crippen LogP contribution in [0.3, 0.4) is 0 Å². The number of nitrogens with two attached hydrogens (primary N) is 2. The molecule has 0 aromatic carbocycles. The van der Waals surface area contributed by atoms with E-state index in [-0.39, 0.29) is 11.9 Å². The fourth-order valence-electron chi connectivity index (χ4n) is 0.840. The van der Waals surface area contributed by atoms with Gasteiger partial charge in [-0.15, -0.1) is 0 Å². The molecule has 3 heteroatoms. The molecule has 0 bridgehead atoms. The van der Waals surface area contributed by atoms with Gasteiger partial charge in [0.15, 0.2) is 0 Å². The van der Waals surface area contributed by atoms with Crippen LogP contribution in [-0.2, 0) is 0 Å². The molecular weight excluding hydrogens is 114 g/mol. The van der Waals surface area contributed by atoms with Crippen molar-refractivity contribution >= 4 is 5.84 Å². The normalized spacial score (nSPS) is 21.4. The van der Waals surface area contributed by atoms with Gasteiger partial charge in [-0.2, -0.15) is 0 Å². The van der Waals surface area contributed by atoms with Gasteiger partial charge in [0.2, 0.25) is 0 Å². The minimum atomic E-state index is -0.183. The van der Waals surface area contributed by atoms with Crippen LogP contribution >= 0.6 is 0 Å². The molecule has 0 radical (unpaired) electrons. The lowest BCUT2D eigenvalue weighted by Crippen LogP contribution is -2.36. The number of hydrogen-bond acceptors (Lipinski definition) is 2. The van der Waals surface area contributed by atoms with Crippen molar-refractivity contribution in [2.45, 2.75) is 25.3 Å². The van der Waals surface area contributed by atoms with Crippen molar-refractivity contribution in [3.8, 4) is 0 Å². The van der Waals surface area contributed by atoms with Gasteiger partial charge in [-0.25, -0.2) is 0 Å². The molecule has 0 heterocycles. The highest BCUT2D eigenvalue weighted by atomic mass is 14.8. The highest BCUT2D eigenvalue weighted by Crippen LogP contribution is 2.32. The molecule has 1 aliphatic rings. The Balaban J connectivity index is 2.16. The van der Waals surface area contributed by atoms with Crippen molar-refractivity contribution in [2.24, 2.45) is 17.4 Å². The Morgan fingerprint density at radius 2 is 2.22 bits per heavy atom. The molecule has 0 aromatic rings. The molecule has 1 fully saturated rings. The zero-order valence-electron chi connectivity index (χ0n) is 5.43. The van der Waals surface area contributed by atoms with Gasteiger partial charge in [-0.05, 0) is 12.3 Å². The van der Waals surface area contributed by atoms with E-state index in [4.69, 9.17) is 16.9 Å². The van der Waals surface area contributed by atoms with E-state index in [2.05, 4.69) is 0 Å². The van der Waals surface area contributed by atoms with E-state index in [0.29, 0.717) is 0 Å². The van der Waals surface area contributed by atoms with Crippen molar-refractivity contribution in [3.63, 3.8) is 0 Å². The van der Waals surface area contributed by atoms with Crippen molar-refractivity contribution in [3.05, 3.63) is 0 Å². The Kier molecular flexibility index (Phi) is 1.71.